The molecule has 0 heterocycles. The van der Waals surface area contributed by atoms with Crippen LogP contribution in [0.5, 0.6) is 0 Å². The molecule has 19 heteroatoms. The van der Waals surface area contributed by atoms with Crippen molar-refractivity contribution in [3.05, 3.63) is 0 Å². The Morgan fingerprint density at radius 2 is 0.447 bits per heavy atom. The highest BCUT2D eigenvalue weighted by atomic mass is 31.2. The van der Waals surface area contributed by atoms with Gasteiger partial charge in [-0.3, -0.25) is 37.3 Å². The van der Waals surface area contributed by atoms with Gasteiger partial charge in [-0.05, 0) is 37.5 Å². The van der Waals surface area contributed by atoms with Gasteiger partial charge in [-0.2, -0.15) is 0 Å². The molecule has 103 heavy (non-hydrogen) atoms. The maximum atomic E-state index is 13.1. The maximum absolute atomic E-state index is 13.1. The number of unbranched alkanes of at least 4 members (excludes halogenated alkanes) is 53. The molecule has 612 valence electrons. The Bertz CT molecular complexity index is 1980. The van der Waals surface area contributed by atoms with Crippen LogP contribution < -0.4 is 0 Å². The molecule has 2 unspecified atom stereocenters. The molecule has 0 saturated carbocycles. The Morgan fingerprint density at radius 3 is 0.660 bits per heavy atom. The molecule has 0 bridgehead atoms. The van der Waals surface area contributed by atoms with E-state index in [4.69, 9.17) is 37.0 Å². The van der Waals surface area contributed by atoms with E-state index in [2.05, 4.69) is 41.5 Å². The molecule has 0 rings (SSSR count). The first-order valence-electron chi connectivity index (χ1n) is 43.5. The Morgan fingerprint density at radius 1 is 0.262 bits per heavy atom. The van der Waals surface area contributed by atoms with Gasteiger partial charge in [-0.25, -0.2) is 9.13 Å². The standard InChI is InChI=1S/C84H164O17P2/c1-7-9-11-13-15-17-19-21-23-26-30-34-37-41-48-54-60-66-81(86)94-72-79(100-84(89)69-63-57-51-43-39-35-31-28-25-24-27-29-32-36-40-46-52-58-64-76(3)4)74-98-102(90,91)96-70-78(85)71-97-103(92,93)99-75-80(73-95-82(87)67-61-55-49-45-44-47-53-59-65-77(5)6)101-83(88)68-62-56-50-42-38-33-22-20-18-16-14-12-10-8-2/h76-80,85H,7-75H2,1-6H3,(H,90,91)(H,92,93)/t78-,79-,80-/m1/s1. The molecule has 5 atom stereocenters. The van der Waals surface area contributed by atoms with Gasteiger partial charge in [0.2, 0.25) is 0 Å². The number of hydrogen-bond acceptors (Lipinski definition) is 15. The van der Waals surface area contributed by atoms with E-state index in [9.17, 15) is 43.2 Å². The monoisotopic (exact) mass is 1510 g/mol. The van der Waals surface area contributed by atoms with Gasteiger partial charge in [0.15, 0.2) is 12.2 Å². The number of aliphatic hydroxyl groups is 1. The van der Waals surface area contributed by atoms with E-state index in [-0.39, 0.29) is 25.7 Å². The molecule has 0 aliphatic rings. The van der Waals surface area contributed by atoms with Gasteiger partial charge in [0.1, 0.15) is 19.3 Å². The van der Waals surface area contributed by atoms with E-state index in [0.717, 1.165) is 102 Å². The lowest BCUT2D eigenvalue weighted by atomic mass is 10.0. The van der Waals surface area contributed by atoms with E-state index in [1.165, 1.54) is 263 Å². The van der Waals surface area contributed by atoms with Crippen molar-refractivity contribution < 1.29 is 80.2 Å². The lowest BCUT2D eigenvalue weighted by molar-refractivity contribution is -0.161. The third-order valence-electron chi connectivity index (χ3n) is 19.7. The molecular formula is C84H164O17P2. The summed E-state index contributed by atoms with van der Waals surface area (Å²) in [6, 6.07) is 0. The van der Waals surface area contributed by atoms with Crippen LogP contribution >= 0.6 is 15.6 Å². The predicted molar refractivity (Wildman–Crippen MR) is 423 cm³/mol. The highest BCUT2D eigenvalue weighted by molar-refractivity contribution is 7.47. The van der Waals surface area contributed by atoms with Crippen molar-refractivity contribution in [2.24, 2.45) is 11.8 Å². The second-order valence-corrected chi connectivity index (χ2v) is 34.1. The van der Waals surface area contributed by atoms with Gasteiger partial charge < -0.3 is 33.8 Å². The summed E-state index contributed by atoms with van der Waals surface area (Å²) in [7, 11) is -9.92. The van der Waals surface area contributed by atoms with Crippen LogP contribution in [-0.2, 0) is 65.4 Å². The Labute approximate surface area is 632 Å². The number of carbonyl (C=O) groups is 4. The van der Waals surface area contributed by atoms with Gasteiger partial charge >= 0.3 is 39.5 Å². The van der Waals surface area contributed by atoms with Gasteiger partial charge in [0.25, 0.3) is 0 Å². The van der Waals surface area contributed by atoms with E-state index >= 15 is 0 Å². The second kappa shape index (κ2) is 75.5. The van der Waals surface area contributed by atoms with Gasteiger partial charge in [0, 0.05) is 25.7 Å². The lowest BCUT2D eigenvalue weighted by Gasteiger charge is -2.21. The molecule has 0 amide bonds. The fourth-order valence-electron chi connectivity index (χ4n) is 13.1. The number of rotatable bonds is 83. The highest BCUT2D eigenvalue weighted by Crippen LogP contribution is 2.45. The number of phosphoric acid groups is 2. The number of hydrogen-bond donors (Lipinski definition) is 3. The van der Waals surface area contributed by atoms with Crippen LogP contribution in [0.2, 0.25) is 0 Å². The number of carbonyl (C=O) groups excluding carboxylic acids is 4. The molecule has 3 N–H and O–H groups in total. The summed E-state index contributed by atoms with van der Waals surface area (Å²) in [4.78, 5) is 73.1. The minimum atomic E-state index is -4.96. The van der Waals surface area contributed by atoms with Gasteiger partial charge in [-0.15, -0.1) is 0 Å². The number of phosphoric ester groups is 2. The molecule has 0 saturated heterocycles. The van der Waals surface area contributed by atoms with Crippen molar-refractivity contribution >= 4 is 39.5 Å². The smallest absolute Gasteiger partial charge is 0.462 e. The summed E-state index contributed by atoms with van der Waals surface area (Å²) in [5.74, 6) is -0.557. The normalized spacial score (nSPS) is 13.9. The second-order valence-electron chi connectivity index (χ2n) is 31.2. The van der Waals surface area contributed by atoms with Gasteiger partial charge in [0.05, 0.1) is 26.4 Å². The number of ether oxygens (including phenoxy) is 4. The SMILES string of the molecule is CCCCCCCCCCCCCCCCCCCC(=O)OC[C@H](COP(=O)(O)OC[C@@H](O)COP(=O)(O)OC[C@@H](COC(=O)CCCCCCCCCCC(C)C)OC(=O)CCCCCCCCCCCCCCCC)OC(=O)CCCCCCCCCCCCCCCCCCCCC(C)C. The van der Waals surface area contributed by atoms with Gasteiger partial charge in [-0.1, -0.05) is 395 Å². The quantitative estimate of drug-likeness (QED) is 0.0222. The number of aliphatic hydroxyl groups excluding tert-OH is 1. The molecular weight excluding hydrogens is 1340 g/mol. The van der Waals surface area contributed by atoms with E-state index in [1.54, 1.807) is 0 Å². The van der Waals surface area contributed by atoms with E-state index in [0.29, 0.717) is 25.7 Å². The van der Waals surface area contributed by atoms with Crippen molar-refractivity contribution in [1.29, 1.82) is 0 Å². The molecule has 0 aromatic heterocycles. The summed E-state index contributed by atoms with van der Waals surface area (Å²) in [5.41, 5.74) is 0. The summed E-state index contributed by atoms with van der Waals surface area (Å²) >= 11 is 0. The molecule has 0 fully saturated rings. The molecule has 0 spiro atoms. The zero-order chi connectivity index (χ0) is 75.6. The summed E-state index contributed by atoms with van der Waals surface area (Å²) < 4.78 is 68.8. The fourth-order valence-corrected chi connectivity index (χ4v) is 14.6. The summed E-state index contributed by atoms with van der Waals surface area (Å²) in [6.45, 7) is 9.66. The minimum absolute atomic E-state index is 0.108. The first-order valence-corrected chi connectivity index (χ1v) is 46.5. The van der Waals surface area contributed by atoms with Crippen molar-refractivity contribution in [3.63, 3.8) is 0 Å². The Hall–Kier alpha value is -1.94. The largest absolute Gasteiger partial charge is 0.472 e. The topological polar surface area (TPSA) is 237 Å². The van der Waals surface area contributed by atoms with Crippen LogP contribution in [0.25, 0.3) is 0 Å². The van der Waals surface area contributed by atoms with E-state index < -0.39 is 97.5 Å². The molecule has 0 aromatic rings. The first-order chi connectivity index (χ1) is 49.9. The Balaban J connectivity index is 5.23. The van der Waals surface area contributed by atoms with Crippen LogP contribution in [-0.4, -0.2) is 96.7 Å². The lowest BCUT2D eigenvalue weighted by Crippen LogP contribution is -2.30. The third kappa shape index (κ3) is 78.0. The van der Waals surface area contributed by atoms with Crippen LogP contribution in [0.1, 0.15) is 446 Å². The molecule has 0 aliphatic heterocycles. The average molecular weight is 1510 g/mol. The maximum Gasteiger partial charge on any atom is 0.472 e. The van der Waals surface area contributed by atoms with Crippen molar-refractivity contribution in [2.45, 2.75) is 464 Å². The highest BCUT2D eigenvalue weighted by Gasteiger charge is 2.30. The summed E-state index contributed by atoms with van der Waals surface area (Å²) in [5, 5.41) is 10.7. The van der Waals surface area contributed by atoms with Crippen LogP contribution in [0.3, 0.4) is 0 Å². The average Bonchev–Trinajstić information content (AvgIpc) is 0.931. The Kier molecular flexibility index (Phi) is 74.1. The zero-order valence-electron chi connectivity index (χ0n) is 67.6. The third-order valence-corrected chi connectivity index (χ3v) is 21.6. The summed E-state index contributed by atoms with van der Waals surface area (Å²) in [6.07, 6.45) is 66.6. The van der Waals surface area contributed by atoms with Crippen LogP contribution in [0.15, 0.2) is 0 Å². The van der Waals surface area contributed by atoms with Crippen molar-refractivity contribution in [3.8, 4) is 0 Å². The fraction of sp³-hybridized carbons (Fsp3) is 0.952. The van der Waals surface area contributed by atoms with Crippen LogP contribution in [0.4, 0.5) is 0 Å². The first kappa shape index (κ1) is 101. The zero-order valence-corrected chi connectivity index (χ0v) is 69.4. The van der Waals surface area contributed by atoms with E-state index in [1.807, 2.05) is 0 Å². The molecule has 17 nitrogen and oxygen atoms in total. The van der Waals surface area contributed by atoms with Crippen LogP contribution in [0, 0.1) is 11.8 Å². The number of esters is 4. The van der Waals surface area contributed by atoms with Crippen molar-refractivity contribution in [1.82, 2.24) is 0 Å². The molecule has 0 radical (unpaired) electrons. The molecule has 0 aromatic carbocycles. The predicted octanol–water partition coefficient (Wildman–Crippen LogP) is 25.5. The minimum Gasteiger partial charge on any atom is -0.462 e. The molecule has 0 aliphatic carbocycles. The van der Waals surface area contributed by atoms with Crippen molar-refractivity contribution in [2.75, 3.05) is 39.6 Å².